The summed E-state index contributed by atoms with van der Waals surface area (Å²) in [5, 5.41) is 10.2. The van der Waals surface area contributed by atoms with Gasteiger partial charge in [-0.25, -0.2) is 14.8 Å². The second-order valence-corrected chi connectivity index (χ2v) is 14.1. The Kier molecular flexibility index (Phi) is 7.79. The van der Waals surface area contributed by atoms with Crippen molar-refractivity contribution >= 4 is 29.9 Å². The van der Waals surface area contributed by atoms with Gasteiger partial charge in [0.1, 0.15) is 11.6 Å². The highest BCUT2D eigenvalue weighted by atomic mass is 16.4. The van der Waals surface area contributed by atoms with Gasteiger partial charge in [0.05, 0.1) is 0 Å². The summed E-state index contributed by atoms with van der Waals surface area (Å²) in [4.78, 5) is 28.6. The van der Waals surface area contributed by atoms with E-state index in [2.05, 4.69) is 73.9 Å². The van der Waals surface area contributed by atoms with Gasteiger partial charge in [-0.2, -0.15) is 0 Å². The molecule has 0 radical (unpaired) electrons. The largest absolute Gasteiger partial charge is 0.465 e. The topological polar surface area (TPSA) is 72.8 Å². The first-order chi connectivity index (χ1) is 20.1. The zero-order valence-corrected chi connectivity index (χ0v) is 25.9. The Morgan fingerprint density at radius 3 is 1.40 bits per heavy atom. The van der Waals surface area contributed by atoms with Gasteiger partial charge in [-0.05, 0) is 125 Å². The molecule has 2 aromatic heterocycles. The van der Waals surface area contributed by atoms with Crippen molar-refractivity contribution in [1.29, 1.82) is 0 Å². The van der Waals surface area contributed by atoms with E-state index in [1.807, 2.05) is 17.3 Å². The number of hydrogen-bond donors (Lipinski definition) is 1. The minimum Gasteiger partial charge on any atom is -0.465 e. The van der Waals surface area contributed by atoms with Crippen LogP contribution in [0.5, 0.6) is 0 Å². The number of carbonyl (C=O) groups is 1. The molecule has 1 N–H and O–H groups in total. The molecule has 7 nitrogen and oxygen atoms in total. The predicted octanol–water partition coefficient (Wildman–Crippen LogP) is 7.50. The van der Waals surface area contributed by atoms with E-state index in [1.165, 1.54) is 11.1 Å². The third-order valence-corrected chi connectivity index (χ3v) is 10.4. The highest BCUT2D eigenvalue weighted by molar-refractivity contribution is 5.66. The highest BCUT2D eigenvalue weighted by Crippen LogP contribution is 2.56. The number of piperidine rings is 2. The molecule has 2 aliphatic carbocycles. The van der Waals surface area contributed by atoms with Gasteiger partial charge in [0.25, 0.3) is 0 Å². The molecule has 2 saturated carbocycles. The molecule has 42 heavy (non-hydrogen) atoms. The number of allylic oxidation sites excluding steroid dienone is 2. The van der Waals surface area contributed by atoms with Crippen LogP contribution in [-0.2, 0) is 0 Å². The maximum absolute atomic E-state index is 12.5. The van der Waals surface area contributed by atoms with Crippen molar-refractivity contribution in [2.45, 2.75) is 91.1 Å². The molecule has 224 valence electrons. The summed E-state index contributed by atoms with van der Waals surface area (Å²) < 4.78 is 0. The number of amides is 1. The highest BCUT2D eigenvalue weighted by Gasteiger charge is 2.55. The Labute approximate surface area is 251 Å². The van der Waals surface area contributed by atoms with Gasteiger partial charge in [0, 0.05) is 50.7 Å². The molecule has 0 aromatic carbocycles. The molecule has 0 unspecified atom stereocenters. The van der Waals surface area contributed by atoms with E-state index < -0.39 is 6.09 Å². The Morgan fingerprint density at radius 1 is 0.738 bits per heavy atom. The lowest BCUT2D eigenvalue weighted by Gasteiger charge is -2.60. The van der Waals surface area contributed by atoms with Gasteiger partial charge < -0.3 is 19.8 Å². The van der Waals surface area contributed by atoms with Gasteiger partial charge in [0.2, 0.25) is 0 Å². The molecular weight excluding hydrogens is 522 g/mol. The minimum atomic E-state index is -0.717. The Morgan fingerprint density at radius 2 is 1.12 bits per heavy atom. The molecule has 0 atom stereocenters. The van der Waals surface area contributed by atoms with Crippen molar-refractivity contribution < 1.29 is 9.90 Å². The van der Waals surface area contributed by atoms with Crippen molar-refractivity contribution in [2.24, 2.45) is 10.8 Å². The van der Waals surface area contributed by atoms with Crippen LogP contribution in [0, 0.1) is 10.8 Å². The monoisotopic (exact) mass is 569 g/mol. The van der Waals surface area contributed by atoms with E-state index in [1.54, 1.807) is 0 Å². The molecule has 2 saturated heterocycles. The van der Waals surface area contributed by atoms with E-state index in [0.717, 1.165) is 100 Å². The molecule has 4 aliphatic rings. The molecule has 7 heteroatoms. The average molecular weight is 570 g/mol. The normalized spacial score (nSPS) is 22.7. The maximum Gasteiger partial charge on any atom is 0.407 e. The van der Waals surface area contributed by atoms with Crippen molar-refractivity contribution in [3.8, 4) is 0 Å². The minimum absolute atomic E-state index is 0.182. The third kappa shape index (κ3) is 5.93. The molecular formula is C35H47N5O2. The fourth-order valence-electron chi connectivity index (χ4n) is 8.13. The standard InChI is InChI=1S/C35H47N5O2/c1-25(2)17-27-5-7-31(36-23-27)38-13-9-34(10-14-38)19-29(20-34)40(33(41)42)30-21-35(22-30)11-15-39(16-12-35)32-8-6-28(24-37-32)18-26(3)4/h5-8,17-18,23-24,29-30H,9-16,19-22H2,1-4H3,(H,41,42). The smallest absolute Gasteiger partial charge is 0.407 e. The summed E-state index contributed by atoms with van der Waals surface area (Å²) >= 11 is 0. The Hall–Kier alpha value is -3.35. The second kappa shape index (κ2) is 11.4. The lowest BCUT2D eigenvalue weighted by Crippen LogP contribution is -2.63. The van der Waals surface area contributed by atoms with Crippen LogP contribution in [0.25, 0.3) is 12.2 Å². The molecule has 1 amide bonds. The fourth-order valence-corrected chi connectivity index (χ4v) is 8.13. The lowest BCUT2D eigenvalue weighted by atomic mass is 9.57. The van der Waals surface area contributed by atoms with Crippen LogP contribution in [0.15, 0.2) is 47.8 Å². The van der Waals surface area contributed by atoms with Crippen LogP contribution < -0.4 is 9.80 Å². The van der Waals surface area contributed by atoms with Gasteiger partial charge in [-0.15, -0.1) is 0 Å². The number of nitrogens with zero attached hydrogens (tertiary/aromatic N) is 5. The van der Waals surface area contributed by atoms with Gasteiger partial charge >= 0.3 is 6.09 Å². The number of pyridine rings is 2. The first-order valence-corrected chi connectivity index (χ1v) is 15.9. The summed E-state index contributed by atoms with van der Waals surface area (Å²) in [6.45, 7) is 12.4. The molecule has 4 heterocycles. The first kappa shape index (κ1) is 28.8. The van der Waals surface area contributed by atoms with Crippen molar-refractivity contribution in [3.63, 3.8) is 0 Å². The van der Waals surface area contributed by atoms with Crippen LogP contribution in [-0.4, -0.2) is 64.3 Å². The molecule has 6 rings (SSSR count). The van der Waals surface area contributed by atoms with Gasteiger partial charge in [-0.3, -0.25) is 0 Å². The zero-order chi connectivity index (χ0) is 29.5. The number of anilines is 2. The molecule has 0 bridgehead atoms. The lowest BCUT2D eigenvalue weighted by molar-refractivity contribution is -0.0770. The van der Waals surface area contributed by atoms with E-state index in [9.17, 15) is 9.90 Å². The average Bonchev–Trinajstić information content (AvgIpc) is 2.92. The number of aromatic nitrogens is 2. The molecule has 2 aromatic rings. The van der Waals surface area contributed by atoms with Crippen LogP contribution in [0.3, 0.4) is 0 Å². The molecule has 2 spiro atoms. The first-order valence-electron chi connectivity index (χ1n) is 15.9. The number of hydrogen-bond acceptors (Lipinski definition) is 5. The zero-order valence-electron chi connectivity index (χ0n) is 25.9. The summed E-state index contributed by atoms with van der Waals surface area (Å²) in [7, 11) is 0. The van der Waals surface area contributed by atoms with Crippen molar-refractivity contribution in [2.75, 3.05) is 36.0 Å². The SMILES string of the molecule is CC(C)=Cc1ccc(N2CCC3(CC2)CC(N(C(=O)O)C2CC4(CCN(c5ccc(C=C(C)C)cn5)CC4)C2)C3)nc1. The fraction of sp³-hybridized carbons (Fsp3) is 0.571. The van der Waals surface area contributed by atoms with Gasteiger partial charge in [0.15, 0.2) is 0 Å². The number of rotatable bonds is 6. The van der Waals surface area contributed by atoms with E-state index in [4.69, 9.17) is 9.97 Å². The quantitative estimate of drug-likeness (QED) is 0.388. The Bertz CT molecular complexity index is 1210. The van der Waals surface area contributed by atoms with Crippen molar-refractivity contribution in [1.82, 2.24) is 14.9 Å². The number of carboxylic acid groups (broad SMARTS) is 1. The van der Waals surface area contributed by atoms with E-state index in [-0.39, 0.29) is 12.1 Å². The summed E-state index contributed by atoms with van der Waals surface area (Å²) in [6.07, 6.45) is 16.1. The molecule has 2 aliphatic heterocycles. The van der Waals surface area contributed by atoms with Crippen LogP contribution in [0.1, 0.15) is 90.2 Å². The van der Waals surface area contributed by atoms with E-state index >= 15 is 0 Å². The summed E-state index contributed by atoms with van der Waals surface area (Å²) in [5.41, 5.74) is 5.45. The predicted molar refractivity (Wildman–Crippen MR) is 171 cm³/mol. The third-order valence-electron chi connectivity index (χ3n) is 10.4. The summed E-state index contributed by atoms with van der Waals surface area (Å²) in [5.74, 6) is 2.11. The van der Waals surface area contributed by atoms with E-state index in [0.29, 0.717) is 10.8 Å². The summed E-state index contributed by atoms with van der Waals surface area (Å²) in [6, 6.07) is 8.94. The van der Waals surface area contributed by atoms with Crippen LogP contribution >= 0.6 is 0 Å². The second-order valence-electron chi connectivity index (χ2n) is 14.1. The van der Waals surface area contributed by atoms with Gasteiger partial charge in [-0.1, -0.05) is 23.3 Å². The van der Waals surface area contributed by atoms with Crippen molar-refractivity contribution in [3.05, 3.63) is 58.9 Å². The van der Waals surface area contributed by atoms with Crippen LogP contribution in [0.4, 0.5) is 16.4 Å². The van der Waals surface area contributed by atoms with Crippen LogP contribution in [0.2, 0.25) is 0 Å². The maximum atomic E-state index is 12.5. The molecule has 4 fully saturated rings. The Balaban J connectivity index is 0.979.